The lowest BCUT2D eigenvalue weighted by atomic mass is 10.1. The molecule has 1 fully saturated rings. The van der Waals surface area contributed by atoms with Crippen molar-refractivity contribution in [2.24, 2.45) is 0 Å². The number of cyclic esters (lactones) is 1. The van der Waals surface area contributed by atoms with Gasteiger partial charge in [-0.1, -0.05) is 29.8 Å². The Balaban J connectivity index is 1.64. The molecule has 0 radical (unpaired) electrons. The van der Waals surface area contributed by atoms with Crippen LogP contribution in [0.1, 0.15) is 12.0 Å². The third-order valence-corrected chi connectivity index (χ3v) is 5.27. The number of rotatable bonds is 4. The molecular weight excluding hydrogens is 368 g/mol. The van der Waals surface area contributed by atoms with Gasteiger partial charge >= 0.3 is 11.9 Å². The summed E-state index contributed by atoms with van der Waals surface area (Å²) in [4.78, 5) is 41.4. The van der Waals surface area contributed by atoms with Crippen LogP contribution in [0.2, 0.25) is 0 Å². The summed E-state index contributed by atoms with van der Waals surface area (Å²) < 4.78 is 11.1. The van der Waals surface area contributed by atoms with E-state index < -0.39 is 18.0 Å². The summed E-state index contributed by atoms with van der Waals surface area (Å²) in [5.41, 5.74) is 2.51. The van der Waals surface area contributed by atoms with Crippen molar-refractivity contribution in [1.29, 1.82) is 0 Å². The van der Waals surface area contributed by atoms with Crippen LogP contribution >= 0.6 is 11.3 Å². The van der Waals surface area contributed by atoms with Crippen molar-refractivity contribution in [3.63, 3.8) is 0 Å². The van der Waals surface area contributed by atoms with Crippen LogP contribution in [0.5, 0.6) is 0 Å². The number of ether oxygens (including phenoxy) is 2. The Hall–Kier alpha value is -3.00. The third kappa shape index (κ3) is 3.35. The number of hydrogen-bond donors (Lipinski definition) is 0. The largest absolute Gasteiger partial charge is 0.463 e. The van der Waals surface area contributed by atoms with E-state index in [0.29, 0.717) is 16.6 Å². The van der Waals surface area contributed by atoms with Gasteiger partial charge in [-0.15, -0.1) is 11.3 Å². The molecule has 1 aliphatic rings. The van der Waals surface area contributed by atoms with Crippen molar-refractivity contribution >= 4 is 33.5 Å². The highest BCUT2D eigenvalue weighted by molar-refractivity contribution is 7.17. The smallest absolute Gasteiger partial charge is 0.347 e. The number of thiophene rings is 1. The number of carbonyl (C=O) groups excluding carboxylic acids is 2. The number of aryl methyl sites for hydroxylation is 1. The fraction of sp³-hybridized carbons (Fsp3) is 0.263. The summed E-state index contributed by atoms with van der Waals surface area (Å²) in [5.74, 6) is -1.22. The molecule has 1 atom stereocenters. The third-order valence-electron chi connectivity index (χ3n) is 4.38. The predicted molar refractivity (Wildman–Crippen MR) is 99.5 cm³/mol. The van der Waals surface area contributed by atoms with Crippen molar-refractivity contribution in [2.45, 2.75) is 26.0 Å². The minimum atomic E-state index is -0.894. The first-order valence-corrected chi connectivity index (χ1v) is 9.30. The molecule has 0 aliphatic carbocycles. The van der Waals surface area contributed by atoms with Gasteiger partial charge < -0.3 is 9.47 Å². The summed E-state index contributed by atoms with van der Waals surface area (Å²) in [6.45, 7) is 1.92. The molecule has 8 heteroatoms. The lowest BCUT2D eigenvalue weighted by Gasteiger charge is -2.09. The van der Waals surface area contributed by atoms with Crippen LogP contribution in [0.15, 0.2) is 40.8 Å². The van der Waals surface area contributed by atoms with Gasteiger partial charge in [0.05, 0.1) is 18.3 Å². The molecule has 0 spiro atoms. The molecule has 3 aromatic rings. The molecule has 0 amide bonds. The predicted octanol–water partition coefficient (Wildman–Crippen LogP) is 2.29. The fourth-order valence-electron chi connectivity index (χ4n) is 2.95. The summed E-state index contributed by atoms with van der Waals surface area (Å²) in [7, 11) is 0. The van der Waals surface area contributed by atoms with Crippen LogP contribution in [0, 0.1) is 6.92 Å². The maximum atomic E-state index is 12.9. The Bertz CT molecular complexity index is 1080. The first-order valence-electron chi connectivity index (χ1n) is 8.43. The Morgan fingerprint density at radius 3 is 2.81 bits per heavy atom. The molecule has 0 unspecified atom stereocenters. The van der Waals surface area contributed by atoms with Crippen LogP contribution in [-0.4, -0.2) is 34.2 Å². The lowest BCUT2D eigenvalue weighted by molar-refractivity contribution is -0.160. The second kappa shape index (κ2) is 6.96. The Morgan fingerprint density at radius 2 is 2.11 bits per heavy atom. The van der Waals surface area contributed by atoms with E-state index in [2.05, 4.69) is 4.98 Å². The standard InChI is InChI=1S/C19H16N2O5S/c1-11-2-4-12(5-3-11)13-9-27-17-16(13)18(23)21(10-20-17)8-15(22)26-14-6-7-25-19(14)24/h2-5,9-10,14H,6-8H2,1H3/t14-/m1/s1. The van der Waals surface area contributed by atoms with E-state index in [1.807, 2.05) is 36.6 Å². The average molecular weight is 384 g/mol. The number of hydrogen-bond acceptors (Lipinski definition) is 7. The first-order chi connectivity index (χ1) is 13.0. The number of benzene rings is 1. The Morgan fingerprint density at radius 1 is 1.33 bits per heavy atom. The molecule has 138 valence electrons. The number of aromatic nitrogens is 2. The van der Waals surface area contributed by atoms with Gasteiger partial charge in [0.2, 0.25) is 6.10 Å². The van der Waals surface area contributed by atoms with Crippen molar-refractivity contribution in [3.8, 4) is 11.1 Å². The summed E-state index contributed by atoms with van der Waals surface area (Å²) >= 11 is 1.38. The van der Waals surface area contributed by atoms with Gasteiger partial charge in [0.25, 0.3) is 5.56 Å². The minimum Gasteiger partial charge on any atom is -0.463 e. The Kier molecular flexibility index (Phi) is 4.49. The van der Waals surface area contributed by atoms with E-state index in [1.165, 1.54) is 22.2 Å². The van der Waals surface area contributed by atoms with Crippen LogP contribution in [0.4, 0.5) is 0 Å². The second-order valence-corrected chi connectivity index (χ2v) is 7.17. The maximum Gasteiger partial charge on any atom is 0.347 e. The Labute approximate surface area is 158 Å². The van der Waals surface area contributed by atoms with E-state index in [4.69, 9.17) is 9.47 Å². The molecule has 1 saturated heterocycles. The van der Waals surface area contributed by atoms with Gasteiger partial charge in [-0.3, -0.25) is 14.2 Å². The molecule has 1 aliphatic heterocycles. The highest BCUT2D eigenvalue weighted by Crippen LogP contribution is 2.30. The van der Waals surface area contributed by atoms with Gasteiger partial charge in [0.1, 0.15) is 11.4 Å². The molecule has 7 nitrogen and oxygen atoms in total. The number of esters is 2. The van der Waals surface area contributed by atoms with Gasteiger partial charge in [0.15, 0.2) is 0 Å². The number of carbonyl (C=O) groups is 2. The van der Waals surface area contributed by atoms with E-state index in [1.54, 1.807) is 0 Å². The monoisotopic (exact) mass is 384 g/mol. The van der Waals surface area contributed by atoms with Gasteiger partial charge in [0, 0.05) is 17.4 Å². The molecule has 0 bridgehead atoms. The zero-order valence-corrected chi connectivity index (χ0v) is 15.3. The molecule has 2 aromatic heterocycles. The van der Waals surface area contributed by atoms with E-state index in [9.17, 15) is 14.4 Å². The van der Waals surface area contributed by atoms with Crippen molar-refractivity contribution < 1.29 is 19.1 Å². The summed E-state index contributed by atoms with van der Waals surface area (Å²) in [6.07, 6.45) is 0.766. The van der Waals surface area contributed by atoms with Gasteiger partial charge in [-0.25, -0.2) is 9.78 Å². The van der Waals surface area contributed by atoms with Crippen LogP contribution in [0.25, 0.3) is 21.3 Å². The van der Waals surface area contributed by atoms with Crippen LogP contribution in [0.3, 0.4) is 0 Å². The fourth-order valence-corrected chi connectivity index (χ4v) is 3.85. The SMILES string of the molecule is Cc1ccc(-c2csc3ncn(CC(=O)O[C@@H]4CCOC4=O)c(=O)c23)cc1. The van der Waals surface area contributed by atoms with E-state index in [-0.39, 0.29) is 18.7 Å². The summed E-state index contributed by atoms with van der Waals surface area (Å²) in [5, 5.41) is 2.36. The van der Waals surface area contributed by atoms with Crippen molar-refractivity contribution in [1.82, 2.24) is 9.55 Å². The minimum absolute atomic E-state index is 0.235. The summed E-state index contributed by atoms with van der Waals surface area (Å²) in [6, 6.07) is 7.86. The molecule has 3 heterocycles. The highest BCUT2D eigenvalue weighted by atomic mass is 32.1. The average Bonchev–Trinajstić information content (AvgIpc) is 3.25. The normalized spacial score (nSPS) is 16.5. The first kappa shape index (κ1) is 17.4. The molecular formula is C19H16N2O5S. The number of nitrogens with zero attached hydrogens (tertiary/aromatic N) is 2. The van der Waals surface area contributed by atoms with Crippen LogP contribution < -0.4 is 5.56 Å². The molecule has 27 heavy (non-hydrogen) atoms. The maximum absolute atomic E-state index is 12.9. The second-order valence-electron chi connectivity index (χ2n) is 6.31. The molecule has 4 rings (SSSR count). The van der Waals surface area contributed by atoms with E-state index in [0.717, 1.165) is 16.7 Å². The molecule has 0 saturated carbocycles. The highest BCUT2D eigenvalue weighted by Gasteiger charge is 2.30. The van der Waals surface area contributed by atoms with Crippen LogP contribution in [-0.2, 0) is 25.6 Å². The lowest BCUT2D eigenvalue weighted by Crippen LogP contribution is -2.29. The van der Waals surface area contributed by atoms with Crippen molar-refractivity contribution in [3.05, 3.63) is 51.9 Å². The van der Waals surface area contributed by atoms with Gasteiger partial charge in [-0.2, -0.15) is 0 Å². The topological polar surface area (TPSA) is 87.5 Å². The van der Waals surface area contributed by atoms with Gasteiger partial charge in [-0.05, 0) is 12.5 Å². The zero-order chi connectivity index (χ0) is 19.0. The number of fused-ring (bicyclic) bond motifs is 1. The zero-order valence-electron chi connectivity index (χ0n) is 14.5. The molecule has 1 aromatic carbocycles. The van der Waals surface area contributed by atoms with E-state index >= 15 is 0 Å². The molecule has 0 N–H and O–H groups in total. The quantitative estimate of drug-likeness (QED) is 0.642. The van der Waals surface area contributed by atoms with Crippen molar-refractivity contribution in [2.75, 3.05) is 6.61 Å².